The molecule has 13 heteroatoms. The molecule has 3 rings (SSSR count). The van der Waals surface area contributed by atoms with Crippen LogP contribution in [0.1, 0.15) is 12.2 Å². The molecule has 2 aromatic rings. The minimum absolute atomic E-state index is 0.0402. The van der Waals surface area contributed by atoms with Crippen molar-refractivity contribution in [3.05, 3.63) is 18.3 Å². The molecule has 148 valence electrons. The Hall–Kier alpha value is -0.350. The van der Waals surface area contributed by atoms with Gasteiger partial charge in [-0.1, -0.05) is 12.2 Å². The topological polar surface area (TPSA) is 89.8 Å². The van der Waals surface area contributed by atoms with Crippen molar-refractivity contribution >= 4 is 56.2 Å². The fourth-order valence-corrected chi connectivity index (χ4v) is 4.80. The predicted molar refractivity (Wildman–Crippen MR) is 111 cm³/mol. The zero-order valence-electron chi connectivity index (χ0n) is 14.7. The molecule has 1 fully saturated rings. The van der Waals surface area contributed by atoms with E-state index < -0.39 is 14.6 Å². The lowest BCUT2D eigenvalue weighted by Crippen LogP contribution is -2.11. The van der Waals surface area contributed by atoms with E-state index >= 15 is 0 Å². The van der Waals surface area contributed by atoms with Crippen molar-refractivity contribution in [2.45, 2.75) is 25.7 Å². The molecule has 0 aliphatic carbocycles. The van der Waals surface area contributed by atoms with Gasteiger partial charge in [0, 0.05) is 13.7 Å². The number of hydrogen-bond donors (Lipinski definition) is 2. The van der Waals surface area contributed by atoms with E-state index in [0.717, 1.165) is 12.1 Å². The van der Waals surface area contributed by atoms with E-state index in [1.807, 2.05) is 4.57 Å². The van der Waals surface area contributed by atoms with Crippen LogP contribution in [-0.4, -0.2) is 58.5 Å². The van der Waals surface area contributed by atoms with Crippen molar-refractivity contribution in [3.8, 4) is 0 Å². The molecule has 0 bridgehead atoms. The molecule has 9 nitrogen and oxygen atoms in total. The van der Waals surface area contributed by atoms with Crippen LogP contribution < -0.4 is 0 Å². The fourth-order valence-electron chi connectivity index (χ4n) is 2.48. The first kappa shape index (κ1) is 21.4. The van der Waals surface area contributed by atoms with Crippen LogP contribution in [0.25, 0.3) is 11.2 Å². The number of aromatic nitrogens is 4. The zero-order valence-corrected chi connectivity index (χ0v) is 18.2. The molecule has 3 unspecified atom stereocenters. The Labute approximate surface area is 169 Å². The summed E-state index contributed by atoms with van der Waals surface area (Å²) in [5.41, 5.74) is 1.42. The maximum absolute atomic E-state index is 5.77. The van der Waals surface area contributed by atoms with Gasteiger partial charge in [-0.05, 0) is 6.42 Å². The quantitative estimate of drug-likeness (QED) is 0.421. The van der Waals surface area contributed by atoms with Crippen molar-refractivity contribution in [2.24, 2.45) is 0 Å². The number of imidazole rings is 1. The molecule has 0 radical (unpaired) electrons. The van der Waals surface area contributed by atoms with Gasteiger partial charge >= 0.3 is 6.97 Å². The van der Waals surface area contributed by atoms with Gasteiger partial charge in [0.15, 0.2) is 5.65 Å². The van der Waals surface area contributed by atoms with Crippen molar-refractivity contribution in [3.63, 3.8) is 0 Å². The Balaban J connectivity index is 1.63. The average molecular weight is 451 g/mol. The Morgan fingerprint density at radius 2 is 2.41 bits per heavy atom. The van der Waals surface area contributed by atoms with Crippen LogP contribution in [0.5, 0.6) is 0 Å². The van der Waals surface area contributed by atoms with Crippen LogP contribution >= 0.6 is 39.0 Å². The van der Waals surface area contributed by atoms with Crippen LogP contribution in [0.2, 0.25) is 0 Å². The van der Waals surface area contributed by atoms with Crippen LogP contribution in [0, 0.1) is 0 Å². The molecule has 0 spiro atoms. The van der Waals surface area contributed by atoms with Gasteiger partial charge < -0.3 is 23.1 Å². The van der Waals surface area contributed by atoms with Crippen LogP contribution in [0.3, 0.4) is 0 Å². The van der Waals surface area contributed by atoms with Gasteiger partial charge in [-0.3, -0.25) is 0 Å². The molecule has 27 heavy (non-hydrogen) atoms. The summed E-state index contributed by atoms with van der Waals surface area (Å²) in [6, 6.07) is 0. The smallest absolute Gasteiger partial charge is 0.351 e. The first-order valence-electron chi connectivity index (χ1n) is 8.16. The Morgan fingerprint density at radius 3 is 3.19 bits per heavy atom. The van der Waals surface area contributed by atoms with Gasteiger partial charge in [0.1, 0.15) is 43.1 Å². The standard InChI is InChI=1S/C14H21N4O5P2S2/c1-19-10-24(26)21-5-3-18-13(17-12-6-15-9-16-14(12)18)8-22-25(27)23-11-2-4-20-7-11/h6,9-11,26-27H,2-5,7-8H2,1H3/q+1. The number of nitrogens with zero attached hydrogens (tertiary/aromatic N) is 4. The Kier molecular flexibility index (Phi) is 8.70. The van der Waals surface area contributed by atoms with E-state index in [-0.39, 0.29) is 12.7 Å². The first-order valence-corrected chi connectivity index (χ1v) is 13.0. The summed E-state index contributed by atoms with van der Waals surface area (Å²) in [4.78, 5) is 12.9. The normalized spacial score (nSPS) is 19.1. The molecule has 1 aliphatic heterocycles. The lowest BCUT2D eigenvalue weighted by molar-refractivity contribution is 0.136. The van der Waals surface area contributed by atoms with E-state index in [2.05, 4.69) is 39.4 Å². The summed E-state index contributed by atoms with van der Waals surface area (Å²) >= 11 is 8.72. The third-order valence-electron chi connectivity index (χ3n) is 3.65. The highest BCUT2D eigenvalue weighted by molar-refractivity contribution is 8.42. The molecule has 0 saturated carbocycles. The fraction of sp³-hybridized carbons (Fsp3) is 0.571. The maximum Gasteiger partial charge on any atom is 0.351 e. The van der Waals surface area contributed by atoms with Crippen molar-refractivity contribution in [1.29, 1.82) is 0 Å². The Morgan fingerprint density at radius 1 is 1.52 bits per heavy atom. The highest BCUT2D eigenvalue weighted by atomic mass is 32.7. The third-order valence-corrected chi connectivity index (χ3v) is 6.58. The Bertz CT molecular complexity index is 775. The van der Waals surface area contributed by atoms with Crippen LogP contribution in [0.15, 0.2) is 12.5 Å². The number of ether oxygens (including phenoxy) is 2. The largest absolute Gasteiger partial charge is 0.379 e. The highest BCUT2D eigenvalue weighted by Gasteiger charge is 2.21. The SMILES string of the molecule is COC=[P+](S)OCCn1c(COP(S)OC2CCOC2)nc2cncnc21. The van der Waals surface area contributed by atoms with Gasteiger partial charge in [-0.2, -0.15) is 4.52 Å². The molecule has 3 atom stereocenters. The molecular formula is C14H21N4O5P2S2+. The van der Waals surface area contributed by atoms with Crippen molar-refractivity contribution in [1.82, 2.24) is 19.5 Å². The van der Waals surface area contributed by atoms with Gasteiger partial charge in [0.2, 0.25) is 7.58 Å². The second kappa shape index (κ2) is 11.0. The second-order valence-electron chi connectivity index (χ2n) is 5.49. The molecule has 2 aromatic heterocycles. The summed E-state index contributed by atoms with van der Waals surface area (Å²) in [5.74, 6) is 2.27. The molecule has 1 saturated heterocycles. The van der Waals surface area contributed by atoms with Gasteiger partial charge in [-0.15, -0.1) is 0 Å². The van der Waals surface area contributed by atoms with E-state index in [9.17, 15) is 0 Å². The summed E-state index contributed by atoms with van der Waals surface area (Å²) in [7, 11) is 0.248. The summed E-state index contributed by atoms with van der Waals surface area (Å²) in [5, 5.41) is 0. The highest BCUT2D eigenvalue weighted by Crippen LogP contribution is 2.46. The summed E-state index contributed by atoms with van der Waals surface area (Å²) in [6.07, 6.45) is 4.06. The molecule has 0 aromatic carbocycles. The number of hydrogen-bond acceptors (Lipinski definition) is 10. The lowest BCUT2D eigenvalue weighted by atomic mass is 10.3. The molecule has 0 N–H and O–H groups in total. The van der Waals surface area contributed by atoms with E-state index in [1.54, 1.807) is 19.3 Å². The predicted octanol–water partition coefficient (Wildman–Crippen LogP) is 2.97. The first-order chi connectivity index (χ1) is 13.2. The molecule has 0 amide bonds. The van der Waals surface area contributed by atoms with Gasteiger partial charge in [-0.25, -0.2) is 15.0 Å². The number of fused-ring (bicyclic) bond motifs is 1. The van der Waals surface area contributed by atoms with E-state index in [1.165, 1.54) is 6.33 Å². The minimum Gasteiger partial charge on any atom is -0.379 e. The van der Waals surface area contributed by atoms with Crippen LogP contribution in [-0.2, 0) is 36.2 Å². The maximum atomic E-state index is 5.77. The molecule has 1 aliphatic rings. The minimum atomic E-state index is -1.32. The van der Waals surface area contributed by atoms with E-state index in [4.69, 9.17) is 23.0 Å². The van der Waals surface area contributed by atoms with E-state index in [0.29, 0.717) is 37.7 Å². The van der Waals surface area contributed by atoms with Crippen molar-refractivity contribution < 1.29 is 23.0 Å². The number of thiol groups is 2. The summed E-state index contributed by atoms with van der Waals surface area (Å²) < 4.78 is 29.3. The molecular weight excluding hydrogens is 430 g/mol. The van der Waals surface area contributed by atoms with Gasteiger partial charge in [0.25, 0.3) is 5.98 Å². The van der Waals surface area contributed by atoms with Crippen LogP contribution in [0.4, 0.5) is 0 Å². The third kappa shape index (κ3) is 6.32. The molecule has 3 heterocycles. The lowest BCUT2D eigenvalue weighted by Gasteiger charge is -2.15. The number of rotatable bonds is 10. The monoisotopic (exact) mass is 451 g/mol. The van der Waals surface area contributed by atoms with Crippen molar-refractivity contribution in [2.75, 3.05) is 26.9 Å². The summed E-state index contributed by atoms with van der Waals surface area (Å²) in [6.45, 7) is 1.49. The average Bonchev–Trinajstić information content (AvgIpc) is 3.28. The number of methoxy groups -OCH3 is 1. The zero-order chi connectivity index (χ0) is 19.1. The second-order valence-corrected chi connectivity index (χ2v) is 9.67. The van der Waals surface area contributed by atoms with Gasteiger partial charge in [0.05, 0.1) is 25.5 Å².